The highest BCUT2D eigenvalue weighted by molar-refractivity contribution is 6.36. The van der Waals surface area contributed by atoms with Crippen molar-refractivity contribution in [1.82, 2.24) is 5.01 Å². The number of methoxy groups -OCH3 is 1. The summed E-state index contributed by atoms with van der Waals surface area (Å²) >= 11 is 6.21. The second kappa shape index (κ2) is 8.73. The number of Topliss-reactive ketones (excluding diaryl/α,β-unsaturated/α-hetero) is 2. The molecule has 152 valence electrons. The molecule has 7 nitrogen and oxygen atoms in total. The number of benzene rings is 1. The first-order valence-electron chi connectivity index (χ1n) is 8.98. The number of ketones is 2. The van der Waals surface area contributed by atoms with Gasteiger partial charge < -0.3 is 9.47 Å². The third-order valence-electron chi connectivity index (χ3n) is 4.15. The van der Waals surface area contributed by atoms with Gasteiger partial charge in [-0.3, -0.25) is 9.59 Å². The van der Waals surface area contributed by atoms with Crippen LogP contribution in [0.5, 0.6) is 5.75 Å². The fourth-order valence-corrected chi connectivity index (χ4v) is 3.13. The van der Waals surface area contributed by atoms with Gasteiger partial charge in [0.2, 0.25) is 0 Å². The van der Waals surface area contributed by atoms with Crippen molar-refractivity contribution in [3.05, 3.63) is 28.8 Å². The number of ether oxygens (including phenoxy) is 2. The lowest BCUT2D eigenvalue weighted by atomic mass is 9.81. The van der Waals surface area contributed by atoms with Crippen LogP contribution in [0.2, 0.25) is 5.02 Å². The molecule has 1 aliphatic rings. The van der Waals surface area contributed by atoms with Crippen molar-refractivity contribution in [3.63, 3.8) is 0 Å². The average Bonchev–Trinajstić information content (AvgIpc) is 2.59. The summed E-state index contributed by atoms with van der Waals surface area (Å²) in [6.45, 7) is 5.23. The van der Waals surface area contributed by atoms with Gasteiger partial charge in [-0.1, -0.05) is 11.6 Å². The van der Waals surface area contributed by atoms with Crippen LogP contribution < -0.4 is 4.74 Å². The zero-order chi connectivity index (χ0) is 21.1. The molecule has 1 atom stereocenters. The highest BCUT2D eigenvalue weighted by Gasteiger charge is 2.36. The molecule has 2 rings (SSSR count). The fourth-order valence-electron chi connectivity index (χ4n) is 2.86. The van der Waals surface area contributed by atoms with Gasteiger partial charge in [0.05, 0.1) is 17.8 Å². The summed E-state index contributed by atoms with van der Waals surface area (Å²) in [5.41, 5.74) is -0.128. The van der Waals surface area contributed by atoms with E-state index in [1.54, 1.807) is 26.8 Å². The fraction of sp³-hybridized carbons (Fsp3) is 0.500. The van der Waals surface area contributed by atoms with Crippen molar-refractivity contribution in [1.29, 1.82) is 0 Å². The molecule has 0 radical (unpaired) electrons. The first-order chi connectivity index (χ1) is 13.0. The van der Waals surface area contributed by atoms with Crippen LogP contribution in [-0.4, -0.2) is 48.1 Å². The average molecular weight is 409 g/mol. The second-order valence-electron chi connectivity index (χ2n) is 7.56. The molecule has 0 spiro atoms. The molecule has 1 saturated carbocycles. The zero-order valence-corrected chi connectivity index (χ0v) is 17.5. The Balaban J connectivity index is 2.32. The summed E-state index contributed by atoms with van der Waals surface area (Å²) in [5.74, 6) is -1.23. The first kappa shape index (κ1) is 21.9. The van der Waals surface area contributed by atoms with Gasteiger partial charge in [0.25, 0.3) is 0 Å². The van der Waals surface area contributed by atoms with Crippen LogP contribution >= 0.6 is 11.6 Å². The van der Waals surface area contributed by atoms with E-state index in [0.29, 0.717) is 24.3 Å². The van der Waals surface area contributed by atoms with E-state index in [1.165, 1.54) is 26.3 Å². The molecule has 0 aromatic heterocycles. The predicted molar refractivity (Wildman–Crippen MR) is 106 cm³/mol. The van der Waals surface area contributed by atoms with Crippen LogP contribution in [0.4, 0.5) is 4.79 Å². The smallest absolute Gasteiger partial charge is 0.430 e. The van der Waals surface area contributed by atoms with Gasteiger partial charge >= 0.3 is 6.09 Å². The van der Waals surface area contributed by atoms with Crippen LogP contribution in [-0.2, 0) is 9.53 Å². The van der Waals surface area contributed by atoms with Gasteiger partial charge in [-0.25, -0.2) is 9.80 Å². The standard InChI is InChI=1S/C20H25ClN2O5/c1-20(2,3)28-19(26)23(4)22-15-7-6-8-16(24)17(15)18(25)13-10-9-12(27-5)11-14(13)21/h9-11,17H,6-8H2,1-5H3/b22-15-. The lowest BCUT2D eigenvalue weighted by Crippen LogP contribution is -2.38. The molecule has 0 saturated heterocycles. The Labute approximate surface area is 169 Å². The van der Waals surface area contributed by atoms with Crippen LogP contribution in [0.1, 0.15) is 50.4 Å². The predicted octanol–water partition coefficient (Wildman–Crippen LogP) is 4.12. The van der Waals surface area contributed by atoms with E-state index >= 15 is 0 Å². The Morgan fingerprint density at radius 3 is 2.50 bits per heavy atom. The number of hydrazone groups is 1. The summed E-state index contributed by atoms with van der Waals surface area (Å²) in [6, 6.07) is 4.66. The molecule has 1 amide bonds. The molecule has 1 aliphatic carbocycles. The molecule has 0 aliphatic heterocycles. The van der Waals surface area contributed by atoms with Crippen molar-refractivity contribution in [2.45, 2.75) is 45.6 Å². The molecular formula is C20H25ClN2O5. The van der Waals surface area contributed by atoms with E-state index < -0.39 is 23.4 Å². The first-order valence-corrected chi connectivity index (χ1v) is 9.36. The van der Waals surface area contributed by atoms with Gasteiger partial charge in [-0.05, 0) is 51.8 Å². The van der Waals surface area contributed by atoms with Gasteiger partial charge in [0.1, 0.15) is 23.1 Å². The van der Waals surface area contributed by atoms with Gasteiger partial charge in [0.15, 0.2) is 5.78 Å². The number of hydrogen-bond acceptors (Lipinski definition) is 6. The highest BCUT2D eigenvalue weighted by Crippen LogP contribution is 2.29. The van der Waals surface area contributed by atoms with E-state index in [2.05, 4.69) is 5.10 Å². The van der Waals surface area contributed by atoms with Crippen molar-refractivity contribution in [2.75, 3.05) is 14.2 Å². The maximum absolute atomic E-state index is 13.1. The molecular weight excluding hydrogens is 384 g/mol. The van der Waals surface area contributed by atoms with Crippen molar-refractivity contribution in [2.24, 2.45) is 11.0 Å². The SMILES string of the molecule is COc1ccc(C(=O)C2C(=O)CCC/C2=N/N(C)C(=O)OC(C)(C)C)c(Cl)c1. The summed E-state index contributed by atoms with van der Waals surface area (Å²) in [6.07, 6.45) is 0.620. The van der Waals surface area contributed by atoms with Crippen LogP contribution in [0.25, 0.3) is 0 Å². The zero-order valence-electron chi connectivity index (χ0n) is 16.7. The Morgan fingerprint density at radius 1 is 1.25 bits per heavy atom. The molecule has 0 N–H and O–H groups in total. The number of carbonyl (C=O) groups excluding carboxylic acids is 3. The topological polar surface area (TPSA) is 85.3 Å². The largest absolute Gasteiger partial charge is 0.497 e. The second-order valence-corrected chi connectivity index (χ2v) is 7.97. The molecule has 1 aromatic rings. The number of hydrogen-bond donors (Lipinski definition) is 0. The monoisotopic (exact) mass is 408 g/mol. The lowest BCUT2D eigenvalue weighted by Gasteiger charge is -2.26. The van der Waals surface area contributed by atoms with E-state index in [0.717, 1.165) is 5.01 Å². The number of rotatable bonds is 4. The number of nitrogens with zero attached hydrogens (tertiary/aromatic N) is 2. The molecule has 0 heterocycles. The van der Waals surface area contributed by atoms with Crippen LogP contribution in [0.3, 0.4) is 0 Å². The summed E-state index contributed by atoms with van der Waals surface area (Å²) in [5, 5.41) is 5.45. The molecule has 1 aromatic carbocycles. The van der Waals surface area contributed by atoms with E-state index in [-0.39, 0.29) is 22.8 Å². The van der Waals surface area contributed by atoms with E-state index in [1.807, 2.05) is 0 Å². The molecule has 28 heavy (non-hydrogen) atoms. The molecule has 1 unspecified atom stereocenters. The van der Waals surface area contributed by atoms with Crippen molar-refractivity contribution in [3.8, 4) is 5.75 Å². The molecule has 1 fully saturated rings. The lowest BCUT2D eigenvalue weighted by molar-refractivity contribution is -0.120. The Bertz CT molecular complexity index is 813. The normalized spacial score (nSPS) is 18.7. The van der Waals surface area contributed by atoms with Crippen molar-refractivity contribution >= 4 is 35.0 Å². The molecule has 0 bridgehead atoms. The third kappa shape index (κ3) is 5.32. The number of halogens is 1. The summed E-state index contributed by atoms with van der Waals surface area (Å²) in [4.78, 5) is 37.8. The minimum Gasteiger partial charge on any atom is -0.497 e. The number of carbonyl (C=O) groups is 3. The van der Waals surface area contributed by atoms with Gasteiger partial charge in [-0.2, -0.15) is 5.10 Å². The maximum Gasteiger partial charge on any atom is 0.430 e. The minimum atomic E-state index is -1.07. The van der Waals surface area contributed by atoms with Crippen LogP contribution in [0, 0.1) is 5.92 Å². The quantitative estimate of drug-likeness (QED) is 0.425. The van der Waals surface area contributed by atoms with Crippen molar-refractivity contribution < 1.29 is 23.9 Å². The highest BCUT2D eigenvalue weighted by atomic mass is 35.5. The number of amides is 1. The van der Waals surface area contributed by atoms with Gasteiger partial charge in [-0.15, -0.1) is 0 Å². The van der Waals surface area contributed by atoms with E-state index in [4.69, 9.17) is 21.1 Å². The van der Waals surface area contributed by atoms with Crippen LogP contribution in [0.15, 0.2) is 23.3 Å². The minimum absolute atomic E-state index is 0.197. The Hall–Kier alpha value is -2.41. The Morgan fingerprint density at radius 2 is 1.93 bits per heavy atom. The Kier molecular flexibility index (Phi) is 6.82. The summed E-state index contributed by atoms with van der Waals surface area (Å²) < 4.78 is 10.4. The maximum atomic E-state index is 13.1. The van der Waals surface area contributed by atoms with Gasteiger partial charge in [0, 0.05) is 19.0 Å². The molecule has 8 heteroatoms. The van der Waals surface area contributed by atoms with E-state index in [9.17, 15) is 14.4 Å². The third-order valence-corrected chi connectivity index (χ3v) is 4.46. The summed E-state index contributed by atoms with van der Waals surface area (Å²) in [7, 11) is 2.93.